The Labute approximate surface area is 98.5 Å². The van der Waals surface area contributed by atoms with E-state index >= 15 is 0 Å². The number of Topliss-reactive ketones (excluding diaryl/α,β-unsaturated/α-hetero) is 4. The Morgan fingerprint density at radius 1 is 0.824 bits per heavy atom. The molecule has 0 amide bonds. The normalized spacial score (nSPS) is 29.4. The van der Waals surface area contributed by atoms with Gasteiger partial charge in [-0.3, -0.25) is 19.2 Å². The van der Waals surface area contributed by atoms with Crippen molar-refractivity contribution >= 4 is 23.1 Å². The summed E-state index contributed by atoms with van der Waals surface area (Å²) in [4.78, 5) is 44.6. The first-order chi connectivity index (χ1) is 8.06. The Morgan fingerprint density at radius 2 is 1.24 bits per heavy atom. The molecule has 17 heavy (non-hydrogen) atoms. The second-order valence-electron chi connectivity index (χ2n) is 4.70. The van der Waals surface area contributed by atoms with Crippen LogP contribution in [0.1, 0.15) is 25.7 Å². The molecule has 5 nitrogen and oxygen atoms in total. The van der Waals surface area contributed by atoms with Gasteiger partial charge >= 0.3 is 0 Å². The predicted molar refractivity (Wildman–Crippen MR) is 56.3 cm³/mol. The van der Waals surface area contributed by atoms with E-state index in [0.717, 1.165) is 0 Å². The number of rotatable bonds is 4. The summed E-state index contributed by atoms with van der Waals surface area (Å²) in [5, 5.41) is 0. The third kappa shape index (κ3) is 2.85. The first-order valence-electron chi connectivity index (χ1n) is 5.73. The van der Waals surface area contributed by atoms with Crippen molar-refractivity contribution in [2.24, 2.45) is 11.8 Å². The SMILES string of the molecule is O=C1CC(=O)C(COCC2CC(=O)CC2=O)C1. The minimum Gasteiger partial charge on any atom is -0.380 e. The zero-order valence-corrected chi connectivity index (χ0v) is 9.44. The fraction of sp³-hybridized carbons (Fsp3) is 0.667. The van der Waals surface area contributed by atoms with Crippen molar-refractivity contribution in [3.05, 3.63) is 0 Å². The molecule has 2 fully saturated rings. The monoisotopic (exact) mass is 238 g/mol. The lowest BCUT2D eigenvalue weighted by molar-refractivity contribution is -0.124. The van der Waals surface area contributed by atoms with Crippen LogP contribution in [0.4, 0.5) is 0 Å². The van der Waals surface area contributed by atoms with Gasteiger partial charge in [-0.2, -0.15) is 0 Å². The van der Waals surface area contributed by atoms with Gasteiger partial charge in [-0.25, -0.2) is 0 Å². The summed E-state index contributed by atoms with van der Waals surface area (Å²) in [7, 11) is 0. The highest BCUT2D eigenvalue weighted by Crippen LogP contribution is 2.21. The van der Waals surface area contributed by atoms with Gasteiger partial charge in [0.05, 0.1) is 26.1 Å². The molecule has 5 heteroatoms. The van der Waals surface area contributed by atoms with Crippen molar-refractivity contribution in [1.82, 2.24) is 0 Å². The molecule has 0 radical (unpaired) electrons. The highest BCUT2D eigenvalue weighted by Gasteiger charge is 2.33. The highest BCUT2D eigenvalue weighted by atomic mass is 16.5. The van der Waals surface area contributed by atoms with Gasteiger partial charge in [-0.1, -0.05) is 0 Å². The molecule has 0 spiro atoms. The summed E-state index contributed by atoms with van der Waals surface area (Å²) in [5.74, 6) is -0.955. The Bertz CT molecular complexity index is 348. The maximum atomic E-state index is 11.3. The van der Waals surface area contributed by atoms with E-state index in [1.165, 1.54) is 0 Å². The summed E-state index contributed by atoms with van der Waals surface area (Å²) in [6, 6.07) is 0. The molecule has 0 aromatic heterocycles. The molecule has 0 saturated heterocycles. The van der Waals surface area contributed by atoms with Crippen LogP contribution in [0.15, 0.2) is 0 Å². The van der Waals surface area contributed by atoms with Gasteiger partial charge < -0.3 is 4.74 Å². The highest BCUT2D eigenvalue weighted by molar-refractivity contribution is 6.07. The van der Waals surface area contributed by atoms with E-state index in [0.29, 0.717) is 0 Å². The van der Waals surface area contributed by atoms with Crippen molar-refractivity contribution in [3.8, 4) is 0 Å². The van der Waals surface area contributed by atoms with Crippen LogP contribution < -0.4 is 0 Å². The molecule has 2 saturated carbocycles. The summed E-state index contributed by atoms with van der Waals surface area (Å²) in [6.07, 6.45) is 0.510. The van der Waals surface area contributed by atoms with E-state index in [9.17, 15) is 19.2 Å². The lowest BCUT2D eigenvalue weighted by Gasteiger charge is -2.11. The number of carbonyl (C=O) groups is 4. The standard InChI is InChI=1S/C12H14O5/c13-9-1-7(11(15)3-9)5-17-6-8-2-10(14)4-12(8)16/h7-8H,1-6H2. The maximum Gasteiger partial charge on any atom is 0.146 e. The maximum absolute atomic E-state index is 11.3. The molecule has 0 bridgehead atoms. The van der Waals surface area contributed by atoms with Crippen molar-refractivity contribution in [1.29, 1.82) is 0 Å². The van der Waals surface area contributed by atoms with Crippen molar-refractivity contribution in [3.63, 3.8) is 0 Å². The number of hydrogen-bond donors (Lipinski definition) is 0. The van der Waals surface area contributed by atoms with E-state index in [2.05, 4.69) is 0 Å². The molecule has 2 aliphatic carbocycles. The molecule has 0 aliphatic heterocycles. The van der Waals surface area contributed by atoms with Gasteiger partial charge in [0.1, 0.15) is 23.1 Å². The number of hydrogen-bond acceptors (Lipinski definition) is 5. The number of ketones is 4. The Hall–Kier alpha value is -1.36. The molecule has 2 rings (SSSR count). The van der Waals surface area contributed by atoms with Crippen molar-refractivity contribution in [2.75, 3.05) is 13.2 Å². The third-order valence-electron chi connectivity index (χ3n) is 3.24. The average Bonchev–Trinajstić information content (AvgIpc) is 2.71. The van der Waals surface area contributed by atoms with Crippen LogP contribution >= 0.6 is 0 Å². The molecule has 0 aromatic rings. The van der Waals surface area contributed by atoms with Gasteiger partial charge in [0, 0.05) is 24.7 Å². The molecular weight excluding hydrogens is 224 g/mol. The van der Waals surface area contributed by atoms with Gasteiger partial charge in [0.25, 0.3) is 0 Å². The minimum absolute atomic E-state index is 0.00880. The van der Waals surface area contributed by atoms with Gasteiger partial charge in [-0.15, -0.1) is 0 Å². The Kier molecular flexibility index (Phi) is 3.47. The fourth-order valence-electron chi connectivity index (χ4n) is 2.26. The molecule has 2 unspecified atom stereocenters. The summed E-state index contributed by atoms with van der Waals surface area (Å²) in [5.41, 5.74) is 0. The van der Waals surface area contributed by atoms with E-state index in [4.69, 9.17) is 4.74 Å². The van der Waals surface area contributed by atoms with Crippen LogP contribution in [0.2, 0.25) is 0 Å². The van der Waals surface area contributed by atoms with E-state index in [1.54, 1.807) is 0 Å². The van der Waals surface area contributed by atoms with Crippen molar-refractivity contribution in [2.45, 2.75) is 25.7 Å². The molecule has 92 valence electrons. The van der Waals surface area contributed by atoms with Gasteiger partial charge in [0.2, 0.25) is 0 Å². The molecule has 0 aromatic carbocycles. The van der Waals surface area contributed by atoms with Crippen LogP contribution in [0, 0.1) is 11.8 Å². The molecular formula is C12H14O5. The van der Waals surface area contributed by atoms with Gasteiger partial charge in [-0.05, 0) is 0 Å². The molecule has 0 heterocycles. The summed E-state index contributed by atoms with van der Waals surface area (Å²) < 4.78 is 5.29. The third-order valence-corrected chi connectivity index (χ3v) is 3.24. The second-order valence-corrected chi connectivity index (χ2v) is 4.70. The van der Waals surface area contributed by atoms with E-state index in [1.807, 2.05) is 0 Å². The number of carbonyl (C=O) groups excluding carboxylic acids is 4. The second kappa shape index (κ2) is 4.87. The minimum atomic E-state index is -0.352. The van der Waals surface area contributed by atoms with Crippen LogP contribution in [-0.2, 0) is 23.9 Å². The fourth-order valence-corrected chi connectivity index (χ4v) is 2.26. The zero-order valence-electron chi connectivity index (χ0n) is 9.44. The first kappa shape index (κ1) is 12.1. The van der Waals surface area contributed by atoms with Crippen LogP contribution in [0.3, 0.4) is 0 Å². The topological polar surface area (TPSA) is 77.5 Å². The lowest BCUT2D eigenvalue weighted by Crippen LogP contribution is -2.19. The summed E-state index contributed by atoms with van der Waals surface area (Å²) in [6.45, 7) is 0.366. The largest absolute Gasteiger partial charge is 0.380 e. The average molecular weight is 238 g/mol. The quantitative estimate of drug-likeness (QED) is 0.649. The predicted octanol–water partition coefficient (Wildman–Crippen LogP) is 0.0994. The van der Waals surface area contributed by atoms with Crippen molar-refractivity contribution < 1.29 is 23.9 Å². The molecule has 2 atom stereocenters. The summed E-state index contributed by atoms with van der Waals surface area (Å²) >= 11 is 0. The van der Waals surface area contributed by atoms with Crippen LogP contribution in [0.25, 0.3) is 0 Å². The Balaban J connectivity index is 1.73. The molecule has 2 aliphatic rings. The number of ether oxygens (including phenoxy) is 1. The zero-order chi connectivity index (χ0) is 12.4. The Morgan fingerprint density at radius 3 is 1.53 bits per heavy atom. The van der Waals surface area contributed by atoms with Crippen LogP contribution in [0.5, 0.6) is 0 Å². The smallest absolute Gasteiger partial charge is 0.146 e. The first-order valence-corrected chi connectivity index (χ1v) is 5.73. The lowest BCUT2D eigenvalue weighted by atomic mass is 10.1. The van der Waals surface area contributed by atoms with Gasteiger partial charge in [0.15, 0.2) is 0 Å². The van der Waals surface area contributed by atoms with Crippen LogP contribution in [-0.4, -0.2) is 36.3 Å². The molecule has 0 N–H and O–H groups in total. The van der Waals surface area contributed by atoms with E-state index < -0.39 is 0 Å². The van der Waals surface area contributed by atoms with E-state index in [-0.39, 0.29) is 73.9 Å².